The number of rotatable bonds is 4. The highest BCUT2D eigenvalue weighted by atomic mass is 79.9. The van der Waals surface area contributed by atoms with Crippen molar-refractivity contribution in [2.24, 2.45) is 0 Å². The molecule has 4 nitrogen and oxygen atoms in total. The maximum Gasteiger partial charge on any atom is 0.409 e. The molecule has 1 amide bonds. The number of carbonyl (C=O) groups is 1. The van der Waals surface area contributed by atoms with E-state index in [0.717, 1.165) is 39.0 Å². The summed E-state index contributed by atoms with van der Waals surface area (Å²) in [5.41, 5.74) is 4.34. The van der Waals surface area contributed by atoms with Crippen LogP contribution in [-0.4, -0.2) is 43.8 Å². The summed E-state index contributed by atoms with van der Waals surface area (Å²) in [5, 5.41) is 0. The summed E-state index contributed by atoms with van der Waals surface area (Å²) < 4.78 is 6.56. The lowest BCUT2D eigenvalue weighted by Gasteiger charge is -2.36. The molecule has 23 heavy (non-hydrogen) atoms. The molecule has 2 aliphatic rings. The lowest BCUT2D eigenvalue weighted by atomic mass is 10.1. The quantitative estimate of drug-likeness (QED) is 0.740. The molecule has 1 aliphatic carbocycles. The van der Waals surface area contributed by atoms with Crippen molar-refractivity contribution >= 4 is 27.7 Å². The van der Waals surface area contributed by atoms with E-state index in [4.69, 9.17) is 4.74 Å². The number of anilines is 1. The third-order valence-electron chi connectivity index (χ3n) is 4.80. The first-order valence-electron chi connectivity index (χ1n) is 8.67. The van der Waals surface area contributed by atoms with Crippen LogP contribution >= 0.6 is 15.9 Å². The number of ether oxygens (including phenoxy) is 1. The lowest BCUT2D eigenvalue weighted by molar-refractivity contribution is 0.0989. The van der Waals surface area contributed by atoms with Crippen molar-refractivity contribution in [1.29, 1.82) is 0 Å². The molecule has 0 aromatic heterocycles. The second kappa shape index (κ2) is 7.56. The number of carbonyl (C=O) groups excluding carboxylic acids is 1. The average Bonchev–Trinajstić information content (AvgIpc) is 3.06. The largest absolute Gasteiger partial charge is 0.449 e. The van der Waals surface area contributed by atoms with Crippen LogP contribution in [0, 0.1) is 0 Å². The minimum atomic E-state index is -0.154. The summed E-state index contributed by atoms with van der Waals surface area (Å²) in [6.45, 7) is 5.90. The van der Waals surface area contributed by atoms with Crippen molar-refractivity contribution in [2.75, 3.05) is 37.7 Å². The Morgan fingerprint density at radius 3 is 2.65 bits per heavy atom. The predicted octanol–water partition coefficient (Wildman–Crippen LogP) is 4.00. The van der Waals surface area contributed by atoms with Crippen molar-refractivity contribution in [1.82, 2.24) is 4.90 Å². The van der Waals surface area contributed by atoms with E-state index in [9.17, 15) is 4.79 Å². The van der Waals surface area contributed by atoms with E-state index in [1.807, 2.05) is 4.90 Å². The van der Waals surface area contributed by atoms with Crippen LogP contribution in [0.2, 0.25) is 0 Å². The summed E-state index contributed by atoms with van der Waals surface area (Å²) in [7, 11) is 0. The Hall–Kier alpha value is -1.23. The summed E-state index contributed by atoms with van der Waals surface area (Å²) in [4.78, 5) is 16.3. The first-order chi connectivity index (χ1) is 11.2. The number of piperazine rings is 1. The van der Waals surface area contributed by atoms with Gasteiger partial charge in [-0.1, -0.05) is 29.3 Å². The number of halogens is 1. The van der Waals surface area contributed by atoms with E-state index in [-0.39, 0.29) is 6.09 Å². The first kappa shape index (κ1) is 16.6. The normalized spacial score (nSPS) is 17.3. The van der Waals surface area contributed by atoms with Crippen LogP contribution in [0.25, 0.3) is 0 Å². The molecule has 0 bridgehead atoms. The number of benzene rings is 1. The van der Waals surface area contributed by atoms with Gasteiger partial charge in [-0.3, -0.25) is 0 Å². The predicted molar refractivity (Wildman–Crippen MR) is 96.2 cm³/mol. The van der Waals surface area contributed by atoms with Crippen molar-refractivity contribution < 1.29 is 9.53 Å². The zero-order valence-corrected chi connectivity index (χ0v) is 15.4. The highest BCUT2D eigenvalue weighted by molar-refractivity contribution is 9.10. The highest BCUT2D eigenvalue weighted by Gasteiger charge is 2.26. The summed E-state index contributed by atoms with van der Waals surface area (Å²) in [6.07, 6.45) is 5.43. The number of hydrogen-bond donors (Lipinski definition) is 0. The number of fused-ring (bicyclic) bond motifs is 1. The van der Waals surface area contributed by atoms with Gasteiger partial charge in [-0.2, -0.15) is 0 Å². The molecule has 1 heterocycles. The molecule has 0 N–H and O–H groups in total. The molecular formula is C18H25BrN2O2. The summed E-state index contributed by atoms with van der Waals surface area (Å²) >= 11 is 3.68. The Kier molecular flexibility index (Phi) is 5.46. The van der Waals surface area contributed by atoms with E-state index in [1.54, 1.807) is 0 Å². The summed E-state index contributed by atoms with van der Waals surface area (Å²) in [6, 6.07) is 4.40. The minimum Gasteiger partial charge on any atom is -0.449 e. The second-order valence-electron chi connectivity index (χ2n) is 6.32. The second-order valence-corrected chi connectivity index (χ2v) is 7.17. The van der Waals surface area contributed by atoms with Crippen LogP contribution in [0.1, 0.15) is 37.3 Å². The van der Waals surface area contributed by atoms with Gasteiger partial charge in [0, 0.05) is 36.3 Å². The van der Waals surface area contributed by atoms with Gasteiger partial charge >= 0.3 is 6.09 Å². The van der Waals surface area contributed by atoms with Gasteiger partial charge in [0.15, 0.2) is 0 Å². The van der Waals surface area contributed by atoms with Crippen LogP contribution in [-0.2, 0) is 17.6 Å². The Morgan fingerprint density at radius 1 is 1.17 bits per heavy atom. The minimum absolute atomic E-state index is 0.154. The van der Waals surface area contributed by atoms with Gasteiger partial charge in [-0.25, -0.2) is 4.79 Å². The Bertz CT molecular complexity index is 568. The van der Waals surface area contributed by atoms with Crippen molar-refractivity contribution in [2.45, 2.75) is 39.0 Å². The molecule has 1 fully saturated rings. The van der Waals surface area contributed by atoms with Gasteiger partial charge < -0.3 is 14.5 Å². The Morgan fingerprint density at radius 2 is 1.91 bits per heavy atom. The molecule has 1 aromatic rings. The van der Waals surface area contributed by atoms with Crippen LogP contribution < -0.4 is 4.90 Å². The smallest absolute Gasteiger partial charge is 0.409 e. The molecule has 0 unspecified atom stereocenters. The van der Waals surface area contributed by atoms with Crippen LogP contribution in [0.15, 0.2) is 16.6 Å². The monoisotopic (exact) mass is 380 g/mol. The molecule has 3 rings (SSSR count). The van der Waals surface area contributed by atoms with Gasteiger partial charge in [0.2, 0.25) is 0 Å². The maximum atomic E-state index is 12.0. The van der Waals surface area contributed by atoms with Crippen molar-refractivity contribution in [3.8, 4) is 0 Å². The molecule has 0 atom stereocenters. The third-order valence-corrected chi connectivity index (χ3v) is 5.55. The lowest BCUT2D eigenvalue weighted by Crippen LogP contribution is -2.49. The molecule has 5 heteroatoms. The fourth-order valence-electron chi connectivity index (χ4n) is 3.46. The van der Waals surface area contributed by atoms with Crippen LogP contribution in [0.5, 0.6) is 0 Å². The van der Waals surface area contributed by atoms with Gasteiger partial charge in [-0.15, -0.1) is 0 Å². The van der Waals surface area contributed by atoms with Crippen molar-refractivity contribution in [3.05, 3.63) is 27.7 Å². The highest BCUT2D eigenvalue weighted by Crippen LogP contribution is 2.36. The fourth-order valence-corrected chi connectivity index (χ4v) is 4.03. The first-order valence-corrected chi connectivity index (χ1v) is 9.47. The van der Waals surface area contributed by atoms with Gasteiger partial charge in [-0.05, 0) is 48.9 Å². The van der Waals surface area contributed by atoms with Crippen molar-refractivity contribution in [3.63, 3.8) is 0 Å². The average molecular weight is 381 g/mol. The molecule has 0 spiro atoms. The molecule has 0 saturated carbocycles. The van der Waals surface area contributed by atoms with Crippen LogP contribution in [0.4, 0.5) is 10.5 Å². The van der Waals surface area contributed by atoms with Gasteiger partial charge in [0.05, 0.1) is 6.61 Å². The summed E-state index contributed by atoms with van der Waals surface area (Å²) in [5.74, 6) is 0. The molecule has 0 radical (unpaired) electrons. The molecular weight excluding hydrogens is 356 g/mol. The number of unbranched alkanes of at least 4 members (excludes halogenated alkanes) is 1. The zero-order chi connectivity index (χ0) is 16.2. The molecule has 1 aromatic carbocycles. The van der Waals surface area contributed by atoms with E-state index in [0.29, 0.717) is 6.61 Å². The number of hydrogen-bond acceptors (Lipinski definition) is 3. The SMILES string of the molecule is CCCCOC(=O)N1CCN(c2ccc(Br)c3c2CCC3)CC1. The fraction of sp³-hybridized carbons (Fsp3) is 0.611. The number of nitrogens with zero attached hydrogens (tertiary/aromatic N) is 2. The topological polar surface area (TPSA) is 32.8 Å². The maximum absolute atomic E-state index is 12.0. The number of amides is 1. The Labute approximate surface area is 146 Å². The van der Waals surface area contributed by atoms with E-state index < -0.39 is 0 Å². The van der Waals surface area contributed by atoms with E-state index >= 15 is 0 Å². The van der Waals surface area contributed by atoms with Gasteiger partial charge in [0.1, 0.15) is 0 Å². The Balaban J connectivity index is 1.60. The van der Waals surface area contributed by atoms with E-state index in [2.05, 4.69) is 39.9 Å². The standard InChI is InChI=1S/C18H25BrN2O2/c1-2-3-13-23-18(22)21-11-9-20(10-12-21)17-8-7-16(19)14-5-4-6-15(14)17/h7-8H,2-6,9-13H2,1H3. The molecule has 1 saturated heterocycles. The molecule has 126 valence electrons. The van der Waals surface area contributed by atoms with Crippen LogP contribution in [0.3, 0.4) is 0 Å². The zero-order valence-electron chi connectivity index (χ0n) is 13.8. The van der Waals surface area contributed by atoms with E-state index in [1.165, 1.54) is 40.5 Å². The molecule has 1 aliphatic heterocycles. The third kappa shape index (κ3) is 3.65. The van der Waals surface area contributed by atoms with Gasteiger partial charge in [0.25, 0.3) is 0 Å².